The highest BCUT2D eigenvalue weighted by Gasteiger charge is 2.47. The van der Waals surface area contributed by atoms with Crippen molar-refractivity contribution in [3.05, 3.63) is 15.9 Å². The number of carbonyl (C=O) groups excluding carboxylic acids is 2. The molecular weight excluding hydrogens is 372 g/mol. The van der Waals surface area contributed by atoms with Gasteiger partial charge in [0.2, 0.25) is 0 Å². The molecule has 0 aromatic carbocycles. The summed E-state index contributed by atoms with van der Waals surface area (Å²) in [7, 11) is -3.55. The number of hydrogen-bond donors (Lipinski definition) is 0. The molecule has 0 unspecified atom stereocenters. The molecule has 2 saturated heterocycles. The van der Waals surface area contributed by atoms with Crippen LogP contribution in [0.2, 0.25) is 0 Å². The van der Waals surface area contributed by atoms with Gasteiger partial charge in [-0.1, -0.05) is 0 Å². The first-order chi connectivity index (χ1) is 9.39. The molecule has 1 aromatic rings. The second-order valence-electron chi connectivity index (χ2n) is 4.35. The zero-order valence-corrected chi connectivity index (χ0v) is 13.2. The molecule has 0 N–H and O–H groups in total. The van der Waals surface area contributed by atoms with Crippen molar-refractivity contribution in [2.45, 2.75) is 10.3 Å². The fraction of sp³-hybridized carbons (Fsp3) is 0.400. The van der Waals surface area contributed by atoms with Gasteiger partial charge in [-0.25, -0.2) is 18.1 Å². The van der Waals surface area contributed by atoms with Gasteiger partial charge in [-0.3, -0.25) is 4.79 Å². The van der Waals surface area contributed by atoms with Crippen LogP contribution >= 0.6 is 27.3 Å². The zero-order valence-electron chi connectivity index (χ0n) is 9.98. The normalized spacial score (nSPS) is 21.1. The molecule has 0 aliphatic carbocycles. The molecule has 7 nitrogen and oxygen atoms in total. The van der Waals surface area contributed by atoms with Crippen LogP contribution in [0.3, 0.4) is 0 Å². The molecule has 108 valence electrons. The van der Waals surface area contributed by atoms with E-state index in [2.05, 4.69) is 20.7 Å². The topological polar surface area (TPSA) is 84.0 Å². The summed E-state index contributed by atoms with van der Waals surface area (Å²) in [6, 6.07) is 2.75. The van der Waals surface area contributed by atoms with Gasteiger partial charge >= 0.3 is 6.09 Å². The standard InChI is InChI=1S/C10H9BrN2O5S2/c11-7-1-2-9(19-7)20(16,17)12-3-6(4-12)13-8(14)5-18-10(13)15/h1-2,6H,3-5H2. The lowest BCUT2D eigenvalue weighted by Gasteiger charge is -2.40. The molecule has 20 heavy (non-hydrogen) atoms. The molecule has 2 amide bonds. The van der Waals surface area contributed by atoms with Crippen molar-refractivity contribution >= 4 is 49.3 Å². The van der Waals surface area contributed by atoms with Gasteiger partial charge < -0.3 is 4.74 Å². The minimum atomic E-state index is -3.55. The molecule has 10 heteroatoms. The van der Waals surface area contributed by atoms with Gasteiger partial charge in [-0.05, 0) is 28.1 Å². The van der Waals surface area contributed by atoms with Gasteiger partial charge in [0.1, 0.15) is 4.21 Å². The van der Waals surface area contributed by atoms with Gasteiger partial charge in [-0.2, -0.15) is 4.31 Å². The highest BCUT2D eigenvalue weighted by atomic mass is 79.9. The van der Waals surface area contributed by atoms with E-state index in [0.29, 0.717) is 0 Å². The number of thiophene rings is 1. The van der Waals surface area contributed by atoms with E-state index in [0.717, 1.165) is 20.0 Å². The van der Waals surface area contributed by atoms with E-state index in [4.69, 9.17) is 0 Å². The number of sulfonamides is 1. The Morgan fingerprint density at radius 1 is 1.30 bits per heavy atom. The van der Waals surface area contributed by atoms with Crippen LogP contribution in [0, 0.1) is 0 Å². The molecule has 0 radical (unpaired) electrons. The Bertz CT molecular complexity index is 664. The van der Waals surface area contributed by atoms with Gasteiger partial charge in [0, 0.05) is 13.1 Å². The fourth-order valence-corrected chi connectivity index (χ4v) is 5.74. The van der Waals surface area contributed by atoms with Gasteiger partial charge in [0.05, 0.1) is 9.83 Å². The largest absolute Gasteiger partial charge is 0.439 e. The Labute approximate surface area is 127 Å². The van der Waals surface area contributed by atoms with Gasteiger partial charge in [0.25, 0.3) is 15.9 Å². The molecule has 0 atom stereocenters. The second kappa shape index (κ2) is 4.79. The predicted octanol–water partition coefficient (Wildman–Crippen LogP) is 0.862. The monoisotopic (exact) mass is 380 g/mol. The smallest absolute Gasteiger partial charge is 0.417 e. The van der Waals surface area contributed by atoms with E-state index >= 15 is 0 Å². The molecule has 2 aliphatic heterocycles. The summed E-state index contributed by atoms with van der Waals surface area (Å²) in [4.78, 5) is 23.8. The number of rotatable bonds is 3. The van der Waals surface area contributed by atoms with Crippen LogP contribution in [0.1, 0.15) is 0 Å². The van der Waals surface area contributed by atoms with Crippen molar-refractivity contribution in [2.24, 2.45) is 0 Å². The SMILES string of the molecule is O=C1COC(=O)N1C1CN(S(=O)(=O)c2ccc(Br)s2)C1. The molecule has 2 fully saturated rings. The third kappa shape index (κ3) is 2.16. The van der Waals surface area contributed by atoms with Gasteiger partial charge in [-0.15, -0.1) is 11.3 Å². The summed E-state index contributed by atoms with van der Waals surface area (Å²) in [5.41, 5.74) is 0. The van der Waals surface area contributed by atoms with Crippen LogP contribution in [0.4, 0.5) is 4.79 Å². The minimum Gasteiger partial charge on any atom is -0.439 e. The Morgan fingerprint density at radius 2 is 2.00 bits per heavy atom. The van der Waals surface area contributed by atoms with Crippen molar-refractivity contribution in [2.75, 3.05) is 19.7 Å². The Hall–Kier alpha value is -0.970. The summed E-state index contributed by atoms with van der Waals surface area (Å²) in [6.07, 6.45) is -0.698. The van der Waals surface area contributed by atoms with Crippen molar-refractivity contribution in [1.82, 2.24) is 9.21 Å². The number of ether oxygens (including phenoxy) is 1. The molecule has 0 bridgehead atoms. The summed E-state index contributed by atoms with van der Waals surface area (Å²) >= 11 is 4.34. The lowest BCUT2D eigenvalue weighted by Crippen LogP contribution is -2.61. The van der Waals surface area contributed by atoms with E-state index in [1.165, 1.54) is 10.4 Å². The second-order valence-corrected chi connectivity index (χ2v) is 8.98. The van der Waals surface area contributed by atoms with E-state index in [-0.39, 0.29) is 23.9 Å². The van der Waals surface area contributed by atoms with Crippen molar-refractivity contribution < 1.29 is 22.7 Å². The minimum absolute atomic E-state index is 0.110. The summed E-state index contributed by atoms with van der Waals surface area (Å²) < 4.78 is 31.3. The van der Waals surface area contributed by atoms with Crippen molar-refractivity contribution in [3.63, 3.8) is 0 Å². The summed E-state index contributed by atoms with van der Waals surface area (Å²) in [6.45, 7) is -0.0443. The van der Waals surface area contributed by atoms with Gasteiger partial charge in [0.15, 0.2) is 6.61 Å². The lowest BCUT2D eigenvalue weighted by atomic mass is 10.1. The molecule has 3 heterocycles. The average Bonchev–Trinajstić information content (AvgIpc) is 2.88. The molecular formula is C10H9BrN2O5S2. The maximum Gasteiger partial charge on any atom is 0.417 e. The predicted molar refractivity (Wildman–Crippen MR) is 72.8 cm³/mol. The number of halogens is 1. The van der Waals surface area contributed by atoms with E-state index in [9.17, 15) is 18.0 Å². The first-order valence-corrected chi connectivity index (χ1v) is 8.69. The van der Waals surface area contributed by atoms with E-state index in [1.807, 2.05) is 0 Å². The summed E-state index contributed by atoms with van der Waals surface area (Å²) in [5, 5.41) is 0. The first kappa shape index (κ1) is 14.0. The first-order valence-electron chi connectivity index (χ1n) is 5.64. The number of cyclic esters (lactones) is 1. The number of imide groups is 1. The van der Waals surface area contributed by atoms with Crippen LogP contribution in [-0.2, 0) is 19.6 Å². The highest BCUT2D eigenvalue weighted by molar-refractivity contribution is 9.11. The maximum absolute atomic E-state index is 12.2. The molecule has 0 spiro atoms. The van der Waals surface area contributed by atoms with Crippen LogP contribution in [0.5, 0.6) is 0 Å². The van der Waals surface area contributed by atoms with Crippen LogP contribution in [0.15, 0.2) is 20.1 Å². The number of hydrogen-bond acceptors (Lipinski definition) is 6. The molecule has 0 saturated carbocycles. The highest BCUT2D eigenvalue weighted by Crippen LogP contribution is 2.32. The Kier molecular flexibility index (Phi) is 3.35. The van der Waals surface area contributed by atoms with Crippen molar-refractivity contribution in [1.29, 1.82) is 0 Å². The third-order valence-corrected chi connectivity index (χ3v) is 7.04. The maximum atomic E-state index is 12.2. The van der Waals surface area contributed by atoms with Crippen LogP contribution in [0.25, 0.3) is 0 Å². The van der Waals surface area contributed by atoms with Crippen molar-refractivity contribution in [3.8, 4) is 0 Å². The zero-order chi connectivity index (χ0) is 14.5. The quantitative estimate of drug-likeness (QED) is 0.776. The Morgan fingerprint density at radius 3 is 2.50 bits per heavy atom. The average molecular weight is 381 g/mol. The number of nitrogens with zero attached hydrogens (tertiary/aromatic N) is 2. The van der Waals surface area contributed by atoms with E-state index < -0.39 is 28.1 Å². The van der Waals surface area contributed by atoms with Crippen LogP contribution < -0.4 is 0 Å². The molecule has 1 aromatic heterocycles. The fourth-order valence-electron chi connectivity index (χ4n) is 2.06. The summed E-state index contributed by atoms with van der Waals surface area (Å²) in [5.74, 6) is -0.420. The molecule has 2 aliphatic rings. The number of carbonyl (C=O) groups is 2. The van der Waals surface area contributed by atoms with Crippen LogP contribution in [-0.4, -0.2) is 55.4 Å². The Balaban J connectivity index is 1.71. The molecule has 3 rings (SSSR count). The lowest BCUT2D eigenvalue weighted by molar-refractivity contribution is -0.128. The van der Waals surface area contributed by atoms with E-state index in [1.54, 1.807) is 6.07 Å². The number of amides is 2. The third-order valence-electron chi connectivity index (χ3n) is 3.12.